The number of aliphatic hydroxyl groups excluding tert-OH is 1. The SMILES string of the molecule is Cc1c(Br)cccc1C(=O)NC1CCCC(O)C1. The highest BCUT2D eigenvalue weighted by Crippen LogP contribution is 2.21. The Hall–Kier alpha value is -0.870. The third-order valence-corrected chi connectivity index (χ3v) is 4.35. The number of rotatable bonds is 2. The Balaban J connectivity index is 2.05. The van der Waals surface area contributed by atoms with Crippen LogP contribution in [0.4, 0.5) is 0 Å². The van der Waals surface area contributed by atoms with Crippen LogP contribution < -0.4 is 5.32 Å². The van der Waals surface area contributed by atoms with E-state index >= 15 is 0 Å². The summed E-state index contributed by atoms with van der Waals surface area (Å²) in [5, 5.41) is 12.6. The first-order chi connectivity index (χ1) is 8.58. The maximum atomic E-state index is 12.2. The molecule has 98 valence electrons. The highest BCUT2D eigenvalue weighted by atomic mass is 79.9. The van der Waals surface area contributed by atoms with Crippen LogP contribution in [0.3, 0.4) is 0 Å². The zero-order chi connectivity index (χ0) is 13.1. The Bertz CT molecular complexity index is 447. The number of aliphatic hydroxyl groups is 1. The molecule has 2 unspecified atom stereocenters. The van der Waals surface area contributed by atoms with Gasteiger partial charge in [0.1, 0.15) is 0 Å². The molecule has 0 aliphatic heterocycles. The molecule has 0 bridgehead atoms. The zero-order valence-electron chi connectivity index (χ0n) is 10.4. The number of halogens is 1. The third-order valence-electron chi connectivity index (χ3n) is 3.49. The van der Waals surface area contributed by atoms with Gasteiger partial charge in [-0.25, -0.2) is 0 Å². The minimum absolute atomic E-state index is 0.0482. The van der Waals surface area contributed by atoms with Gasteiger partial charge in [-0.05, 0) is 50.3 Å². The van der Waals surface area contributed by atoms with E-state index in [-0.39, 0.29) is 18.1 Å². The smallest absolute Gasteiger partial charge is 0.251 e. The molecule has 1 aliphatic carbocycles. The van der Waals surface area contributed by atoms with Crippen molar-refractivity contribution in [3.05, 3.63) is 33.8 Å². The summed E-state index contributed by atoms with van der Waals surface area (Å²) in [4.78, 5) is 12.2. The van der Waals surface area contributed by atoms with Crippen LogP contribution in [0.1, 0.15) is 41.6 Å². The van der Waals surface area contributed by atoms with Gasteiger partial charge in [0.05, 0.1) is 6.10 Å². The summed E-state index contributed by atoms with van der Waals surface area (Å²) >= 11 is 3.43. The molecule has 2 rings (SSSR count). The quantitative estimate of drug-likeness (QED) is 0.882. The van der Waals surface area contributed by atoms with Gasteiger partial charge in [0.2, 0.25) is 0 Å². The Morgan fingerprint density at radius 1 is 1.44 bits per heavy atom. The second kappa shape index (κ2) is 5.85. The summed E-state index contributed by atoms with van der Waals surface area (Å²) < 4.78 is 0.943. The van der Waals surface area contributed by atoms with E-state index in [1.54, 1.807) is 0 Å². The van der Waals surface area contributed by atoms with Gasteiger partial charge in [-0.15, -0.1) is 0 Å². The van der Waals surface area contributed by atoms with E-state index in [1.807, 2.05) is 25.1 Å². The van der Waals surface area contributed by atoms with E-state index in [0.29, 0.717) is 12.0 Å². The van der Waals surface area contributed by atoms with Crippen LogP contribution in [0, 0.1) is 6.92 Å². The fraction of sp³-hybridized carbons (Fsp3) is 0.500. The molecule has 4 heteroatoms. The standard InChI is InChI=1S/C14H18BrNO2/c1-9-12(6-3-7-13(9)15)14(18)16-10-4-2-5-11(17)8-10/h3,6-7,10-11,17H,2,4-5,8H2,1H3,(H,16,18). The lowest BCUT2D eigenvalue weighted by Crippen LogP contribution is -2.40. The van der Waals surface area contributed by atoms with Crippen LogP contribution in [-0.2, 0) is 0 Å². The maximum Gasteiger partial charge on any atom is 0.251 e. The third kappa shape index (κ3) is 3.12. The van der Waals surface area contributed by atoms with Crippen molar-refractivity contribution in [3.63, 3.8) is 0 Å². The topological polar surface area (TPSA) is 49.3 Å². The van der Waals surface area contributed by atoms with Crippen LogP contribution in [0.5, 0.6) is 0 Å². The number of benzene rings is 1. The van der Waals surface area contributed by atoms with Gasteiger partial charge in [-0.2, -0.15) is 0 Å². The summed E-state index contributed by atoms with van der Waals surface area (Å²) in [6.07, 6.45) is 3.17. The Kier molecular flexibility index (Phi) is 4.40. The van der Waals surface area contributed by atoms with Gasteiger partial charge in [0, 0.05) is 16.1 Å². The molecule has 1 fully saturated rings. The molecular weight excluding hydrogens is 294 g/mol. The molecule has 3 nitrogen and oxygen atoms in total. The molecule has 0 spiro atoms. The average molecular weight is 312 g/mol. The molecule has 1 saturated carbocycles. The molecule has 1 amide bonds. The number of amides is 1. The predicted octanol–water partition coefficient (Wildman–Crippen LogP) is 2.79. The van der Waals surface area contributed by atoms with Gasteiger partial charge in [0.25, 0.3) is 5.91 Å². The lowest BCUT2D eigenvalue weighted by Gasteiger charge is -2.26. The number of nitrogens with one attached hydrogen (secondary N) is 1. The molecule has 2 N–H and O–H groups in total. The van der Waals surface area contributed by atoms with E-state index in [2.05, 4.69) is 21.2 Å². The van der Waals surface area contributed by atoms with Crippen molar-refractivity contribution >= 4 is 21.8 Å². The lowest BCUT2D eigenvalue weighted by atomic mass is 9.92. The largest absolute Gasteiger partial charge is 0.393 e. The first-order valence-electron chi connectivity index (χ1n) is 6.32. The molecule has 0 aromatic heterocycles. The van der Waals surface area contributed by atoms with E-state index < -0.39 is 0 Å². The van der Waals surface area contributed by atoms with Gasteiger partial charge in [0.15, 0.2) is 0 Å². The summed E-state index contributed by atoms with van der Waals surface area (Å²) in [6.45, 7) is 1.93. The van der Waals surface area contributed by atoms with Crippen molar-refractivity contribution in [2.24, 2.45) is 0 Å². The van der Waals surface area contributed by atoms with Gasteiger partial charge >= 0.3 is 0 Å². The fourth-order valence-electron chi connectivity index (χ4n) is 2.41. The monoisotopic (exact) mass is 311 g/mol. The van der Waals surface area contributed by atoms with Crippen LogP contribution in [0.15, 0.2) is 22.7 Å². The van der Waals surface area contributed by atoms with Crippen molar-refractivity contribution < 1.29 is 9.90 Å². The molecule has 0 radical (unpaired) electrons. The number of carbonyl (C=O) groups is 1. The molecule has 0 saturated heterocycles. The maximum absolute atomic E-state index is 12.2. The van der Waals surface area contributed by atoms with Crippen molar-refractivity contribution in [1.29, 1.82) is 0 Å². The summed E-state index contributed by atoms with van der Waals surface area (Å²) in [6, 6.07) is 5.71. The second-order valence-electron chi connectivity index (χ2n) is 4.90. The first kappa shape index (κ1) is 13.6. The Labute approximate surface area is 116 Å². The van der Waals surface area contributed by atoms with Crippen LogP contribution in [0.2, 0.25) is 0 Å². The molecule has 1 aromatic rings. The van der Waals surface area contributed by atoms with E-state index in [0.717, 1.165) is 29.3 Å². The number of hydrogen-bond acceptors (Lipinski definition) is 2. The van der Waals surface area contributed by atoms with Crippen molar-refractivity contribution in [2.45, 2.75) is 44.8 Å². The fourth-order valence-corrected chi connectivity index (χ4v) is 2.78. The zero-order valence-corrected chi connectivity index (χ0v) is 12.0. The Morgan fingerprint density at radius 3 is 2.94 bits per heavy atom. The summed E-state index contributed by atoms with van der Waals surface area (Å²) in [5.74, 6) is -0.0482. The van der Waals surface area contributed by atoms with E-state index in [9.17, 15) is 9.90 Å². The van der Waals surface area contributed by atoms with Crippen molar-refractivity contribution in [1.82, 2.24) is 5.32 Å². The normalized spacial score (nSPS) is 23.7. The van der Waals surface area contributed by atoms with Gasteiger partial charge in [-0.3, -0.25) is 4.79 Å². The van der Waals surface area contributed by atoms with Gasteiger partial charge < -0.3 is 10.4 Å². The van der Waals surface area contributed by atoms with Gasteiger partial charge in [-0.1, -0.05) is 22.0 Å². The molecular formula is C14H18BrNO2. The summed E-state index contributed by atoms with van der Waals surface area (Å²) in [7, 11) is 0. The summed E-state index contributed by atoms with van der Waals surface area (Å²) in [5.41, 5.74) is 1.65. The van der Waals surface area contributed by atoms with E-state index in [4.69, 9.17) is 0 Å². The van der Waals surface area contributed by atoms with Crippen LogP contribution in [0.25, 0.3) is 0 Å². The highest BCUT2D eigenvalue weighted by molar-refractivity contribution is 9.10. The molecule has 2 atom stereocenters. The molecule has 1 aromatic carbocycles. The van der Waals surface area contributed by atoms with Crippen molar-refractivity contribution in [2.75, 3.05) is 0 Å². The van der Waals surface area contributed by atoms with Crippen molar-refractivity contribution in [3.8, 4) is 0 Å². The highest BCUT2D eigenvalue weighted by Gasteiger charge is 2.22. The Morgan fingerprint density at radius 2 is 2.22 bits per heavy atom. The minimum Gasteiger partial charge on any atom is -0.393 e. The minimum atomic E-state index is -0.271. The number of hydrogen-bond donors (Lipinski definition) is 2. The predicted molar refractivity (Wildman–Crippen MR) is 74.6 cm³/mol. The van der Waals surface area contributed by atoms with E-state index in [1.165, 1.54) is 0 Å². The second-order valence-corrected chi connectivity index (χ2v) is 5.76. The van der Waals surface area contributed by atoms with Crippen LogP contribution in [-0.4, -0.2) is 23.2 Å². The lowest BCUT2D eigenvalue weighted by molar-refractivity contribution is 0.0849. The molecule has 18 heavy (non-hydrogen) atoms. The average Bonchev–Trinajstić information content (AvgIpc) is 2.32. The first-order valence-corrected chi connectivity index (χ1v) is 7.11. The molecule has 1 aliphatic rings. The number of carbonyl (C=O) groups excluding carboxylic acids is 1. The molecule has 0 heterocycles. The van der Waals surface area contributed by atoms with Crippen LogP contribution >= 0.6 is 15.9 Å².